The number of halogens is 1. The van der Waals surface area contributed by atoms with Crippen LogP contribution < -0.4 is 0 Å². The summed E-state index contributed by atoms with van der Waals surface area (Å²) in [7, 11) is 1.96. The van der Waals surface area contributed by atoms with Gasteiger partial charge in [0, 0.05) is 13.7 Å². The molecule has 3 nitrogen and oxygen atoms in total. The van der Waals surface area contributed by atoms with Gasteiger partial charge in [0.2, 0.25) is 0 Å². The summed E-state index contributed by atoms with van der Waals surface area (Å²) in [4.78, 5) is 0. The highest BCUT2D eigenvalue weighted by Crippen LogP contribution is 2.25. The van der Waals surface area contributed by atoms with E-state index in [-0.39, 0.29) is 6.61 Å². The number of aliphatic hydroxyl groups excluding tert-OH is 1. The van der Waals surface area contributed by atoms with Crippen LogP contribution in [0.3, 0.4) is 0 Å². The molecule has 0 spiro atoms. The highest BCUT2D eigenvalue weighted by atomic mass is 79.9. The van der Waals surface area contributed by atoms with E-state index in [1.165, 1.54) is 5.69 Å². The average molecular weight is 289 g/mol. The van der Waals surface area contributed by atoms with Crippen LogP contribution in [0.2, 0.25) is 0 Å². The van der Waals surface area contributed by atoms with Crippen LogP contribution in [0.1, 0.15) is 31.7 Å². The largest absolute Gasteiger partial charge is 0.396 e. The molecular formula is C12H21BrN2O. The van der Waals surface area contributed by atoms with E-state index in [0.29, 0.717) is 11.8 Å². The van der Waals surface area contributed by atoms with Gasteiger partial charge in [0.05, 0.1) is 15.9 Å². The van der Waals surface area contributed by atoms with Crippen molar-refractivity contribution in [2.75, 3.05) is 6.61 Å². The van der Waals surface area contributed by atoms with Crippen molar-refractivity contribution >= 4 is 15.9 Å². The van der Waals surface area contributed by atoms with E-state index in [9.17, 15) is 5.11 Å². The van der Waals surface area contributed by atoms with Gasteiger partial charge in [-0.15, -0.1) is 0 Å². The van der Waals surface area contributed by atoms with Gasteiger partial charge in [0.25, 0.3) is 0 Å². The number of hydrogen-bond acceptors (Lipinski definition) is 2. The van der Waals surface area contributed by atoms with Crippen molar-refractivity contribution in [3.63, 3.8) is 0 Å². The molecule has 1 atom stereocenters. The second-order valence-electron chi connectivity index (χ2n) is 4.85. The molecule has 0 saturated carbocycles. The Morgan fingerprint density at radius 2 is 2.06 bits per heavy atom. The Kier molecular flexibility index (Phi) is 4.99. The van der Waals surface area contributed by atoms with Crippen molar-refractivity contribution in [2.24, 2.45) is 18.9 Å². The van der Waals surface area contributed by atoms with Crippen LogP contribution >= 0.6 is 15.9 Å². The zero-order valence-corrected chi connectivity index (χ0v) is 12.1. The maximum absolute atomic E-state index is 9.38. The third-order valence-corrected chi connectivity index (χ3v) is 3.84. The molecule has 1 rings (SSSR count). The first-order valence-corrected chi connectivity index (χ1v) is 6.53. The molecule has 0 fully saturated rings. The first-order valence-electron chi connectivity index (χ1n) is 5.74. The molecule has 16 heavy (non-hydrogen) atoms. The maximum Gasteiger partial charge on any atom is 0.0738 e. The summed E-state index contributed by atoms with van der Waals surface area (Å²) < 4.78 is 2.99. The van der Waals surface area contributed by atoms with Gasteiger partial charge < -0.3 is 5.11 Å². The van der Waals surface area contributed by atoms with Crippen LogP contribution in [0.15, 0.2) is 4.47 Å². The highest BCUT2D eigenvalue weighted by molar-refractivity contribution is 9.10. The quantitative estimate of drug-likeness (QED) is 0.905. The molecule has 0 amide bonds. The van der Waals surface area contributed by atoms with Crippen molar-refractivity contribution in [1.29, 1.82) is 0 Å². The van der Waals surface area contributed by atoms with Gasteiger partial charge in [-0.1, -0.05) is 13.8 Å². The van der Waals surface area contributed by atoms with Crippen LogP contribution in [-0.4, -0.2) is 21.5 Å². The van der Waals surface area contributed by atoms with Gasteiger partial charge in [-0.05, 0) is 47.5 Å². The summed E-state index contributed by atoms with van der Waals surface area (Å²) in [5, 5.41) is 13.7. The lowest BCUT2D eigenvalue weighted by Crippen LogP contribution is -2.15. The predicted molar refractivity (Wildman–Crippen MR) is 69.4 cm³/mol. The Morgan fingerprint density at radius 1 is 1.44 bits per heavy atom. The Balaban J connectivity index is 2.77. The second kappa shape index (κ2) is 5.82. The number of aryl methyl sites for hydroxylation is 2. The fourth-order valence-electron chi connectivity index (χ4n) is 2.06. The van der Waals surface area contributed by atoms with E-state index in [1.807, 2.05) is 18.7 Å². The summed E-state index contributed by atoms with van der Waals surface area (Å²) >= 11 is 3.56. The van der Waals surface area contributed by atoms with Gasteiger partial charge in [-0.2, -0.15) is 5.10 Å². The molecule has 0 saturated heterocycles. The summed E-state index contributed by atoms with van der Waals surface area (Å²) in [5.74, 6) is 0.941. The molecule has 0 aliphatic carbocycles. The molecule has 1 N–H and O–H groups in total. The van der Waals surface area contributed by atoms with E-state index in [0.717, 1.165) is 23.0 Å². The van der Waals surface area contributed by atoms with Gasteiger partial charge in [0.1, 0.15) is 0 Å². The van der Waals surface area contributed by atoms with Crippen molar-refractivity contribution in [2.45, 2.75) is 33.6 Å². The molecule has 1 heterocycles. The summed E-state index contributed by atoms with van der Waals surface area (Å²) in [6.45, 7) is 6.61. The Labute approximate surface area is 106 Å². The third kappa shape index (κ3) is 3.32. The molecule has 4 heteroatoms. The fourth-order valence-corrected chi connectivity index (χ4v) is 2.56. The van der Waals surface area contributed by atoms with Crippen molar-refractivity contribution < 1.29 is 5.11 Å². The monoisotopic (exact) mass is 288 g/mol. The van der Waals surface area contributed by atoms with Crippen LogP contribution in [-0.2, 0) is 13.5 Å². The van der Waals surface area contributed by atoms with Crippen LogP contribution in [0.25, 0.3) is 0 Å². The first-order chi connectivity index (χ1) is 7.45. The van der Waals surface area contributed by atoms with Gasteiger partial charge >= 0.3 is 0 Å². The molecule has 0 aliphatic rings. The SMILES string of the molecule is Cc1nn(C)c(CC(CO)CC(C)C)c1Br. The third-order valence-electron chi connectivity index (χ3n) is 2.81. The lowest BCUT2D eigenvalue weighted by Gasteiger charge is -2.16. The van der Waals surface area contributed by atoms with E-state index in [2.05, 4.69) is 34.9 Å². The maximum atomic E-state index is 9.38. The normalized spacial score (nSPS) is 13.4. The minimum Gasteiger partial charge on any atom is -0.396 e. The van der Waals surface area contributed by atoms with Crippen LogP contribution in [0.5, 0.6) is 0 Å². The number of hydrogen-bond donors (Lipinski definition) is 1. The lowest BCUT2D eigenvalue weighted by molar-refractivity contribution is 0.203. The second-order valence-corrected chi connectivity index (χ2v) is 5.64. The Bertz CT molecular complexity index is 347. The smallest absolute Gasteiger partial charge is 0.0738 e. The number of aromatic nitrogens is 2. The van der Waals surface area contributed by atoms with E-state index in [1.54, 1.807) is 0 Å². The van der Waals surface area contributed by atoms with Crippen molar-refractivity contribution in [3.05, 3.63) is 15.9 Å². The molecular weight excluding hydrogens is 268 g/mol. The number of rotatable bonds is 5. The fraction of sp³-hybridized carbons (Fsp3) is 0.750. The molecule has 1 aromatic rings. The van der Waals surface area contributed by atoms with Crippen molar-refractivity contribution in [1.82, 2.24) is 9.78 Å². The molecule has 1 unspecified atom stereocenters. The summed E-state index contributed by atoms with van der Waals surface area (Å²) in [6.07, 6.45) is 1.93. The van der Waals surface area contributed by atoms with Crippen LogP contribution in [0, 0.1) is 18.8 Å². The predicted octanol–water partition coefficient (Wildman–Crippen LogP) is 2.69. The minimum absolute atomic E-state index is 0.245. The topological polar surface area (TPSA) is 38.0 Å². The minimum atomic E-state index is 0.245. The molecule has 0 radical (unpaired) electrons. The number of nitrogens with zero attached hydrogens (tertiary/aromatic N) is 2. The number of aliphatic hydroxyl groups is 1. The highest BCUT2D eigenvalue weighted by Gasteiger charge is 2.17. The molecule has 0 bridgehead atoms. The molecule has 92 valence electrons. The molecule has 0 aromatic carbocycles. The Hall–Kier alpha value is -0.350. The van der Waals surface area contributed by atoms with Crippen molar-refractivity contribution in [3.8, 4) is 0 Å². The van der Waals surface area contributed by atoms with Gasteiger partial charge in [-0.3, -0.25) is 4.68 Å². The summed E-state index contributed by atoms with van der Waals surface area (Å²) in [5.41, 5.74) is 2.19. The van der Waals surface area contributed by atoms with Gasteiger partial charge in [0.15, 0.2) is 0 Å². The van der Waals surface area contributed by atoms with E-state index >= 15 is 0 Å². The van der Waals surface area contributed by atoms with Crippen LogP contribution in [0.4, 0.5) is 0 Å². The molecule has 1 aromatic heterocycles. The zero-order chi connectivity index (χ0) is 12.3. The first kappa shape index (κ1) is 13.7. The van der Waals surface area contributed by atoms with Gasteiger partial charge in [-0.25, -0.2) is 0 Å². The lowest BCUT2D eigenvalue weighted by atomic mass is 9.93. The Morgan fingerprint density at radius 3 is 2.44 bits per heavy atom. The van der Waals surface area contributed by atoms with E-state index in [4.69, 9.17) is 0 Å². The summed E-state index contributed by atoms with van der Waals surface area (Å²) in [6, 6.07) is 0. The van der Waals surface area contributed by atoms with E-state index < -0.39 is 0 Å². The standard InChI is InChI=1S/C12H21BrN2O/c1-8(2)5-10(7-16)6-11-12(13)9(3)14-15(11)4/h8,10,16H,5-7H2,1-4H3. The zero-order valence-electron chi connectivity index (χ0n) is 10.5. The molecule has 0 aliphatic heterocycles. The average Bonchev–Trinajstić information content (AvgIpc) is 2.43.